The Morgan fingerprint density at radius 1 is 1.16 bits per heavy atom. The number of hydrogen-bond acceptors (Lipinski definition) is 4. The maximum atomic E-state index is 10.6. The van der Waals surface area contributed by atoms with Crippen LogP contribution >= 0.6 is 0 Å². The summed E-state index contributed by atoms with van der Waals surface area (Å²) in [6.07, 6.45) is 9.88. The molecule has 0 aromatic carbocycles. The highest BCUT2D eigenvalue weighted by molar-refractivity contribution is 5.41. The van der Waals surface area contributed by atoms with Crippen LogP contribution in [0.15, 0.2) is 33.8 Å². The molecular formula is C15H20N2O2. The summed E-state index contributed by atoms with van der Waals surface area (Å²) < 4.78 is 0. The Morgan fingerprint density at radius 3 is 2.26 bits per heavy atom. The van der Waals surface area contributed by atoms with E-state index in [0.29, 0.717) is 6.42 Å². The van der Waals surface area contributed by atoms with E-state index < -0.39 is 11.1 Å². The van der Waals surface area contributed by atoms with Gasteiger partial charge in [-0.05, 0) is 39.7 Å². The van der Waals surface area contributed by atoms with E-state index in [4.69, 9.17) is 0 Å². The van der Waals surface area contributed by atoms with Gasteiger partial charge in [0.15, 0.2) is 0 Å². The normalized spacial score (nSPS) is 23.1. The highest BCUT2D eigenvalue weighted by Gasteiger charge is 2.43. The van der Waals surface area contributed by atoms with Crippen molar-refractivity contribution in [1.82, 2.24) is 0 Å². The zero-order valence-corrected chi connectivity index (χ0v) is 12.2. The lowest BCUT2D eigenvalue weighted by Crippen LogP contribution is -2.41. The third kappa shape index (κ3) is 2.98. The predicted octanol–water partition coefficient (Wildman–Crippen LogP) is 3.11. The van der Waals surface area contributed by atoms with Gasteiger partial charge in [-0.15, -0.1) is 0 Å². The number of carbonyl (C=O) groups excluding carboxylic acids is 2. The fraction of sp³-hybridized carbons (Fsp3) is 0.600. The standard InChI is InChI=1S/C15H20N2O2/c1-13(2,16-10-18)12-7-6-8-15(5,9-12)14(3,4)17-11-19/h6-8H,9H2,1-5H3. The maximum Gasteiger partial charge on any atom is 0.235 e. The predicted molar refractivity (Wildman–Crippen MR) is 74.3 cm³/mol. The Bertz CT molecular complexity index is 516. The van der Waals surface area contributed by atoms with Crippen molar-refractivity contribution in [2.45, 2.75) is 52.1 Å². The number of isocyanates is 2. The lowest BCUT2D eigenvalue weighted by Gasteiger charge is -2.42. The number of hydrogen-bond donors (Lipinski definition) is 0. The van der Waals surface area contributed by atoms with E-state index in [0.717, 1.165) is 5.57 Å². The lowest BCUT2D eigenvalue weighted by molar-refractivity contribution is 0.233. The second-order valence-corrected chi connectivity index (χ2v) is 6.17. The Balaban J connectivity index is 3.16. The van der Waals surface area contributed by atoms with Crippen LogP contribution in [0.1, 0.15) is 41.0 Å². The van der Waals surface area contributed by atoms with Crippen LogP contribution in [-0.2, 0) is 9.59 Å². The molecule has 0 amide bonds. The van der Waals surface area contributed by atoms with Crippen LogP contribution in [0.2, 0.25) is 0 Å². The molecule has 0 spiro atoms. The molecule has 0 N–H and O–H groups in total. The first-order chi connectivity index (χ1) is 8.68. The van der Waals surface area contributed by atoms with Crippen molar-refractivity contribution in [3.05, 3.63) is 23.8 Å². The molecule has 1 rings (SSSR count). The first-order valence-electron chi connectivity index (χ1n) is 6.25. The van der Waals surface area contributed by atoms with Crippen molar-refractivity contribution in [1.29, 1.82) is 0 Å². The van der Waals surface area contributed by atoms with Gasteiger partial charge in [-0.25, -0.2) is 9.59 Å². The fourth-order valence-electron chi connectivity index (χ4n) is 2.16. The van der Waals surface area contributed by atoms with E-state index in [1.165, 1.54) is 0 Å². The van der Waals surface area contributed by atoms with Crippen molar-refractivity contribution in [2.75, 3.05) is 0 Å². The van der Waals surface area contributed by atoms with Crippen LogP contribution in [-0.4, -0.2) is 23.2 Å². The van der Waals surface area contributed by atoms with E-state index in [2.05, 4.69) is 9.98 Å². The molecule has 102 valence electrons. The molecule has 0 aromatic heterocycles. The summed E-state index contributed by atoms with van der Waals surface area (Å²) in [5, 5.41) is 0. The van der Waals surface area contributed by atoms with Gasteiger partial charge in [-0.2, -0.15) is 9.98 Å². The van der Waals surface area contributed by atoms with Gasteiger partial charge in [0.25, 0.3) is 0 Å². The third-order valence-electron chi connectivity index (χ3n) is 4.15. The van der Waals surface area contributed by atoms with E-state index in [1.807, 2.05) is 52.8 Å². The van der Waals surface area contributed by atoms with Gasteiger partial charge in [-0.1, -0.05) is 25.2 Å². The van der Waals surface area contributed by atoms with Crippen LogP contribution in [0.3, 0.4) is 0 Å². The van der Waals surface area contributed by atoms with Gasteiger partial charge >= 0.3 is 0 Å². The van der Waals surface area contributed by atoms with E-state index >= 15 is 0 Å². The van der Waals surface area contributed by atoms with Gasteiger partial charge < -0.3 is 0 Å². The summed E-state index contributed by atoms with van der Waals surface area (Å²) in [7, 11) is 0. The molecule has 0 aromatic rings. The van der Waals surface area contributed by atoms with Crippen LogP contribution < -0.4 is 0 Å². The van der Waals surface area contributed by atoms with Crippen molar-refractivity contribution < 1.29 is 9.59 Å². The largest absolute Gasteiger partial charge is 0.235 e. The molecule has 0 fully saturated rings. The topological polar surface area (TPSA) is 58.9 Å². The average Bonchev–Trinajstić information content (AvgIpc) is 2.28. The summed E-state index contributed by atoms with van der Waals surface area (Å²) >= 11 is 0. The SMILES string of the molecule is CC(C)(N=C=O)C1=CC=CC(C)(C(C)(C)N=C=O)C1. The van der Waals surface area contributed by atoms with Crippen molar-refractivity contribution >= 4 is 12.2 Å². The third-order valence-corrected chi connectivity index (χ3v) is 4.15. The number of aliphatic imine (C=N–C) groups is 2. The molecule has 1 unspecified atom stereocenters. The zero-order valence-electron chi connectivity index (χ0n) is 12.2. The molecule has 4 heteroatoms. The molecular weight excluding hydrogens is 240 g/mol. The van der Waals surface area contributed by atoms with Gasteiger partial charge in [-0.3, -0.25) is 0 Å². The lowest BCUT2D eigenvalue weighted by atomic mass is 9.65. The molecule has 0 heterocycles. The Labute approximate surface area is 114 Å². The summed E-state index contributed by atoms with van der Waals surface area (Å²) in [6, 6.07) is 0. The number of allylic oxidation sites excluding steroid dienone is 2. The molecule has 0 aliphatic heterocycles. The molecule has 1 atom stereocenters. The van der Waals surface area contributed by atoms with E-state index in [1.54, 1.807) is 12.2 Å². The minimum Gasteiger partial charge on any atom is -0.211 e. The molecule has 19 heavy (non-hydrogen) atoms. The molecule has 0 bridgehead atoms. The molecule has 0 saturated carbocycles. The van der Waals surface area contributed by atoms with Gasteiger partial charge in [0.1, 0.15) is 0 Å². The van der Waals surface area contributed by atoms with Crippen molar-refractivity contribution in [3.63, 3.8) is 0 Å². The maximum absolute atomic E-state index is 10.6. The smallest absolute Gasteiger partial charge is 0.211 e. The Kier molecular flexibility index (Phi) is 4.09. The minimum atomic E-state index is -0.589. The summed E-state index contributed by atoms with van der Waals surface area (Å²) in [4.78, 5) is 28.9. The van der Waals surface area contributed by atoms with Crippen LogP contribution in [0.5, 0.6) is 0 Å². The highest BCUT2D eigenvalue weighted by Crippen LogP contribution is 2.45. The molecule has 0 saturated heterocycles. The molecule has 0 radical (unpaired) electrons. The van der Waals surface area contributed by atoms with E-state index in [-0.39, 0.29) is 5.41 Å². The number of rotatable bonds is 4. The molecule has 1 aliphatic rings. The van der Waals surface area contributed by atoms with Gasteiger partial charge in [0, 0.05) is 5.41 Å². The number of nitrogens with zero attached hydrogens (tertiary/aromatic N) is 2. The van der Waals surface area contributed by atoms with Crippen LogP contribution in [0.4, 0.5) is 0 Å². The summed E-state index contributed by atoms with van der Waals surface area (Å²) in [5.41, 5.74) is -0.444. The monoisotopic (exact) mass is 260 g/mol. The summed E-state index contributed by atoms with van der Waals surface area (Å²) in [5.74, 6) is 0. The van der Waals surface area contributed by atoms with Gasteiger partial charge in [0.05, 0.1) is 11.1 Å². The Morgan fingerprint density at radius 2 is 1.74 bits per heavy atom. The van der Waals surface area contributed by atoms with E-state index in [9.17, 15) is 9.59 Å². The fourth-order valence-corrected chi connectivity index (χ4v) is 2.16. The first-order valence-corrected chi connectivity index (χ1v) is 6.25. The van der Waals surface area contributed by atoms with Crippen LogP contribution in [0, 0.1) is 5.41 Å². The first kappa shape index (κ1) is 15.3. The molecule has 1 aliphatic carbocycles. The second-order valence-electron chi connectivity index (χ2n) is 6.17. The van der Waals surface area contributed by atoms with Crippen molar-refractivity contribution in [3.8, 4) is 0 Å². The molecule has 4 nitrogen and oxygen atoms in total. The Hall–Kier alpha value is -1.76. The summed E-state index contributed by atoms with van der Waals surface area (Å²) in [6.45, 7) is 9.60. The minimum absolute atomic E-state index is 0.315. The van der Waals surface area contributed by atoms with Gasteiger partial charge in [0.2, 0.25) is 12.2 Å². The average molecular weight is 260 g/mol. The second kappa shape index (κ2) is 5.08. The quantitative estimate of drug-likeness (QED) is 0.576. The zero-order chi connectivity index (χ0) is 14.7. The van der Waals surface area contributed by atoms with Crippen LogP contribution in [0.25, 0.3) is 0 Å². The van der Waals surface area contributed by atoms with Crippen molar-refractivity contribution in [2.24, 2.45) is 15.4 Å². The highest BCUT2D eigenvalue weighted by atomic mass is 16.1.